The number of aryl methyl sites for hydroxylation is 4. The van der Waals surface area contributed by atoms with Crippen LogP contribution >= 0.6 is 11.8 Å². The first-order valence-electron chi connectivity index (χ1n) is 11.0. The molecule has 1 N–H and O–H groups in total. The summed E-state index contributed by atoms with van der Waals surface area (Å²) in [4.78, 5) is 12.3. The highest BCUT2D eigenvalue weighted by molar-refractivity contribution is 7.99. The van der Waals surface area contributed by atoms with Crippen LogP contribution in [0.15, 0.2) is 66.2 Å². The van der Waals surface area contributed by atoms with E-state index in [4.69, 9.17) is 0 Å². The van der Waals surface area contributed by atoms with Gasteiger partial charge in [-0.3, -0.25) is 9.36 Å². The highest BCUT2D eigenvalue weighted by atomic mass is 32.2. The van der Waals surface area contributed by atoms with E-state index in [9.17, 15) is 4.79 Å². The predicted molar refractivity (Wildman–Crippen MR) is 131 cm³/mol. The molecule has 0 aliphatic rings. The summed E-state index contributed by atoms with van der Waals surface area (Å²) in [6.45, 7) is 6.81. The lowest BCUT2D eigenvalue weighted by Gasteiger charge is -2.09. The fraction of sp³-hybridized carbons (Fsp3) is 0.280. The first-order valence-corrected chi connectivity index (χ1v) is 12.0. The highest BCUT2D eigenvalue weighted by Gasteiger charge is 2.11. The lowest BCUT2D eigenvalue weighted by molar-refractivity contribution is -0.118. The number of aromatic nitrogens is 5. The fourth-order valence-electron chi connectivity index (χ4n) is 3.52. The zero-order valence-corrected chi connectivity index (χ0v) is 20.0. The Morgan fingerprint density at radius 1 is 1.03 bits per heavy atom. The van der Waals surface area contributed by atoms with Crippen molar-refractivity contribution in [2.45, 2.75) is 38.8 Å². The molecule has 2 aromatic heterocycles. The summed E-state index contributed by atoms with van der Waals surface area (Å²) in [6.07, 6.45) is 5.48. The van der Waals surface area contributed by atoms with Gasteiger partial charge >= 0.3 is 0 Å². The third kappa shape index (κ3) is 5.70. The molecule has 0 fully saturated rings. The predicted octanol–water partition coefficient (Wildman–Crippen LogP) is 4.22. The van der Waals surface area contributed by atoms with Gasteiger partial charge in [-0.05, 0) is 74.6 Å². The monoisotopic (exact) mass is 460 g/mol. The van der Waals surface area contributed by atoms with Crippen LogP contribution in [0.3, 0.4) is 0 Å². The molecule has 170 valence electrons. The smallest absolute Gasteiger partial charge is 0.230 e. The number of rotatable bonds is 9. The zero-order valence-electron chi connectivity index (χ0n) is 19.2. The van der Waals surface area contributed by atoms with E-state index >= 15 is 0 Å². The Labute approximate surface area is 198 Å². The van der Waals surface area contributed by atoms with Crippen molar-refractivity contribution in [1.29, 1.82) is 0 Å². The quantitative estimate of drug-likeness (QED) is 0.299. The van der Waals surface area contributed by atoms with Crippen LogP contribution in [0.5, 0.6) is 0 Å². The average Bonchev–Trinajstić information content (AvgIpc) is 3.44. The van der Waals surface area contributed by atoms with Crippen molar-refractivity contribution < 1.29 is 4.79 Å². The molecular weight excluding hydrogens is 432 g/mol. The molecule has 0 aliphatic carbocycles. The van der Waals surface area contributed by atoms with E-state index in [1.807, 2.05) is 52.6 Å². The number of para-hydroxylation sites is 1. The molecule has 0 spiro atoms. The zero-order chi connectivity index (χ0) is 23.2. The number of thioether (sulfide) groups is 1. The van der Waals surface area contributed by atoms with Gasteiger partial charge in [-0.1, -0.05) is 36.0 Å². The van der Waals surface area contributed by atoms with Crippen LogP contribution in [0.1, 0.15) is 28.8 Å². The van der Waals surface area contributed by atoms with Gasteiger partial charge in [-0.15, -0.1) is 10.2 Å². The highest BCUT2D eigenvalue weighted by Crippen LogP contribution is 2.21. The molecule has 2 aromatic carbocycles. The van der Waals surface area contributed by atoms with Crippen LogP contribution in [-0.4, -0.2) is 42.7 Å². The van der Waals surface area contributed by atoms with Crippen LogP contribution < -0.4 is 5.32 Å². The van der Waals surface area contributed by atoms with E-state index in [1.165, 1.54) is 28.5 Å². The van der Waals surface area contributed by atoms with Gasteiger partial charge in [0.2, 0.25) is 5.91 Å². The maximum absolute atomic E-state index is 12.3. The Morgan fingerprint density at radius 3 is 2.64 bits per heavy atom. The van der Waals surface area contributed by atoms with Gasteiger partial charge in [-0.25, -0.2) is 4.68 Å². The molecule has 0 bridgehead atoms. The second-order valence-corrected chi connectivity index (χ2v) is 8.96. The SMILES string of the molecule is Cc1ccc(-n2cnnc2SCC(=O)NCCCc2cn(-c3ccccc3)nc2C)cc1C. The van der Waals surface area contributed by atoms with Crippen LogP contribution in [0.2, 0.25) is 0 Å². The summed E-state index contributed by atoms with van der Waals surface area (Å²) >= 11 is 1.39. The Balaban J connectivity index is 1.24. The summed E-state index contributed by atoms with van der Waals surface area (Å²) in [7, 11) is 0. The first kappa shape index (κ1) is 22.8. The van der Waals surface area contributed by atoms with Crippen molar-refractivity contribution in [3.63, 3.8) is 0 Å². The largest absolute Gasteiger partial charge is 0.355 e. The van der Waals surface area contributed by atoms with Crippen LogP contribution in [0, 0.1) is 20.8 Å². The van der Waals surface area contributed by atoms with Gasteiger partial charge in [0.05, 0.1) is 17.1 Å². The van der Waals surface area contributed by atoms with Gasteiger partial charge in [0.1, 0.15) is 6.33 Å². The molecule has 4 rings (SSSR count). The van der Waals surface area contributed by atoms with Crippen molar-refractivity contribution in [3.05, 3.63) is 83.4 Å². The number of hydrogen-bond acceptors (Lipinski definition) is 5. The maximum atomic E-state index is 12.3. The first-order chi connectivity index (χ1) is 16.0. The van der Waals surface area contributed by atoms with E-state index < -0.39 is 0 Å². The van der Waals surface area contributed by atoms with Crippen molar-refractivity contribution in [2.75, 3.05) is 12.3 Å². The van der Waals surface area contributed by atoms with Crippen LogP contribution in [0.25, 0.3) is 11.4 Å². The van der Waals surface area contributed by atoms with E-state index in [2.05, 4.69) is 52.8 Å². The number of benzene rings is 2. The normalized spacial score (nSPS) is 11.0. The Morgan fingerprint density at radius 2 is 1.85 bits per heavy atom. The Kier molecular flexibility index (Phi) is 7.24. The third-order valence-corrected chi connectivity index (χ3v) is 6.53. The summed E-state index contributed by atoms with van der Waals surface area (Å²) in [5.41, 5.74) is 6.71. The van der Waals surface area contributed by atoms with Crippen molar-refractivity contribution >= 4 is 17.7 Å². The molecule has 2 heterocycles. The second kappa shape index (κ2) is 10.5. The number of amides is 1. The van der Waals surface area contributed by atoms with E-state index in [-0.39, 0.29) is 5.91 Å². The molecule has 8 heteroatoms. The second-order valence-electron chi connectivity index (χ2n) is 8.01. The molecule has 1 amide bonds. The lowest BCUT2D eigenvalue weighted by Crippen LogP contribution is -2.26. The van der Waals surface area contributed by atoms with Gasteiger partial charge < -0.3 is 5.32 Å². The minimum atomic E-state index is -0.00802. The molecule has 0 radical (unpaired) electrons. The topological polar surface area (TPSA) is 77.6 Å². The van der Waals surface area contributed by atoms with Crippen LogP contribution in [-0.2, 0) is 11.2 Å². The summed E-state index contributed by atoms with van der Waals surface area (Å²) in [6, 6.07) is 16.3. The molecule has 0 saturated heterocycles. The molecule has 0 saturated carbocycles. The summed E-state index contributed by atoms with van der Waals surface area (Å²) in [5.74, 6) is 0.292. The molecule has 0 atom stereocenters. The van der Waals surface area contributed by atoms with Gasteiger partial charge in [-0.2, -0.15) is 5.10 Å². The molecule has 4 aromatic rings. The lowest BCUT2D eigenvalue weighted by atomic mass is 10.1. The molecule has 0 aliphatic heterocycles. The molecule has 0 unspecified atom stereocenters. The summed E-state index contributed by atoms with van der Waals surface area (Å²) < 4.78 is 3.82. The Hall–Kier alpha value is -3.39. The van der Waals surface area contributed by atoms with E-state index in [0.717, 1.165) is 29.9 Å². The maximum Gasteiger partial charge on any atom is 0.230 e. The number of carbonyl (C=O) groups excluding carboxylic acids is 1. The molecular formula is C25H28N6OS. The number of nitrogens with zero attached hydrogens (tertiary/aromatic N) is 5. The number of hydrogen-bond donors (Lipinski definition) is 1. The van der Waals surface area contributed by atoms with Gasteiger partial charge in [0.25, 0.3) is 0 Å². The standard InChI is InChI=1S/C25H28N6OS/c1-18-11-12-23(14-19(18)2)30-17-27-28-25(30)33-16-24(32)26-13-7-8-21-15-31(29-20(21)3)22-9-5-4-6-10-22/h4-6,9-12,14-15,17H,7-8,13,16H2,1-3H3,(H,26,32). The van der Waals surface area contributed by atoms with E-state index in [0.29, 0.717) is 17.5 Å². The Bertz CT molecular complexity index is 1230. The molecule has 33 heavy (non-hydrogen) atoms. The average molecular weight is 461 g/mol. The number of nitrogens with one attached hydrogen (secondary N) is 1. The minimum Gasteiger partial charge on any atom is -0.355 e. The van der Waals surface area contributed by atoms with Crippen LogP contribution in [0.4, 0.5) is 0 Å². The van der Waals surface area contributed by atoms with Crippen molar-refractivity contribution in [2.24, 2.45) is 0 Å². The molecule has 7 nitrogen and oxygen atoms in total. The van der Waals surface area contributed by atoms with Gasteiger partial charge in [0, 0.05) is 18.4 Å². The van der Waals surface area contributed by atoms with E-state index in [1.54, 1.807) is 6.33 Å². The number of carbonyl (C=O) groups is 1. The fourth-order valence-corrected chi connectivity index (χ4v) is 4.28. The van der Waals surface area contributed by atoms with Gasteiger partial charge in [0.15, 0.2) is 5.16 Å². The summed E-state index contributed by atoms with van der Waals surface area (Å²) in [5, 5.41) is 16.5. The van der Waals surface area contributed by atoms with Crippen molar-refractivity contribution in [1.82, 2.24) is 29.9 Å². The minimum absolute atomic E-state index is 0.00802. The third-order valence-electron chi connectivity index (χ3n) is 5.58. The van der Waals surface area contributed by atoms with Crippen molar-refractivity contribution in [3.8, 4) is 11.4 Å².